The molecule has 1 N–H and O–H groups in total. The number of hydrogen-bond donors (Lipinski definition) is 1. The highest BCUT2D eigenvalue weighted by molar-refractivity contribution is 6.04. The standard InChI is InChI=1S/C19H15N3O5/c23-18(20-15-8-10-16(11-9-15)22(25)26)17-7-4-12-21(19(17)24)27-13-14-5-2-1-3-6-14/h1-12H,13H2,(H,20,23). The van der Waals surface area contributed by atoms with Crippen molar-refractivity contribution in [2.75, 3.05) is 5.32 Å². The van der Waals surface area contributed by atoms with Crippen molar-refractivity contribution in [3.63, 3.8) is 0 Å². The second-order valence-electron chi connectivity index (χ2n) is 5.57. The van der Waals surface area contributed by atoms with Gasteiger partial charge in [-0.05, 0) is 29.8 Å². The number of nitro benzene ring substituents is 1. The fraction of sp³-hybridized carbons (Fsp3) is 0.0526. The van der Waals surface area contributed by atoms with E-state index in [0.29, 0.717) is 5.69 Å². The van der Waals surface area contributed by atoms with Crippen LogP contribution in [-0.2, 0) is 6.61 Å². The molecule has 2 aromatic carbocycles. The number of pyridine rings is 1. The van der Waals surface area contributed by atoms with Crippen LogP contribution in [0.4, 0.5) is 11.4 Å². The summed E-state index contributed by atoms with van der Waals surface area (Å²) in [6.07, 6.45) is 1.42. The van der Waals surface area contributed by atoms with E-state index in [1.165, 1.54) is 42.6 Å². The number of hydrogen-bond acceptors (Lipinski definition) is 5. The average Bonchev–Trinajstić information content (AvgIpc) is 2.68. The van der Waals surface area contributed by atoms with Gasteiger partial charge in [-0.25, -0.2) is 0 Å². The summed E-state index contributed by atoms with van der Waals surface area (Å²) < 4.78 is 0.998. The molecule has 0 aliphatic carbocycles. The summed E-state index contributed by atoms with van der Waals surface area (Å²) in [5, 5.41) is 13.2. The molecule has 0 bridgehead atoms. The minimum atomic E-state index is -0.633. The van der Waals surface area contributed by atoms with Crippen LogP contribution < -0.4 is 15.7 Å². The lowest BCUT2D eigenvalue weighted by Crippen LogP contribution is -2.32. The molecule has 8 heteroatoms. The molecule has 0 fully saturated rings. The number of carbonyl (C=O) groups excluding carboxylic acids is 1. The number of non-ortho nitro benzene ring substituents is 1. The first-order valence-electron chi connectivity index (χ1n) is 7.99. The maximum Gasteiger partial charge on any atom is 0.295 e. The largest absolute Gasteiger partial charge is 0.406 e. The molecule has 3 rings (SSSR count). The Morgan fingerprint density at radius 3 is 2.41 bits per heavy atom. The highest BCUT2D eigenvalue weighted by Gasteiger charge is 2.14. The summed E-state index contributed by atoms with van der Waals surface area (Å²) in [7, 11) is 0. The molecule has 0 unspecified atom stereocenters. The molecule has 27 heavy (non-hydrogen) atoms. The first kappa shape index (κ1) is 17.9. The topological polar surface area (TPSA) is 103 Å². The van der Waals surface area contributed by atoms with Crippen molar-refractivity contribution < 1.29 is 14.6 Å². The Morgan fingerprint density at radius 2 is 1.74 bits per heavy atom. The van der Waals surface area contributed by atoms with Crippen LogP contribution in [0.1, 0.15) is 15.9 Å². The predicted octanol–water partition coefficient (Wildman–Crippen LogP) is 2.64. The number of aromatic nitrogens is 1. The second kappa shape index (κ2) is 7.96. The van der Waals surface area contributed by atoms with Gasteiger partial charge in [0.25, 0.3) is 17.2 Å². The molecule has 0 saturated heterocycles. The van der Waals surface area contributed by atoms with E-state index in [1.54, 1.807) is 0 Å². The Bertz CT molecular complexity index is 1010. The summed E-state index contributed by atoms with van der Waals surface area (Å²) in [5.41, 5.74) is 0.414. The monoisotopic (exact) mass is 365 g/mol. The zero-order valence-electron chi connectivity index (χ0n) is 14.1. The van der Waals surface area contributed by atoms with Gasteiger partial charge in [0.1, 0.15) is 12.2 Å². The van der Waals surface area contributed by atoms with E-state index in [-0.39, 0.29) is 17.9 Å². The predicted molar refractivity (Wildman–Crippen MR) is 98.5 cm³/mol. The molecule has 0 saturated carbocycles. The van der Waals surface area contributed by atoms with Crippen LogP contribution in [-0.4, -0.2) is 15.6 Å². The molecule has 0 aliphatic heterocycles. The van der Waals surface area contributed by atoms with Crippen molar-refractivity contribution in [1.82, 2.24) is 4.73 Å². The SMILES string of the molecule is O=C(Nc1ccc([N+](=O)[O-])cc1)c1cccn(OCc2ccccc2)c1=O. The van der Waals surface area contributed by atoms with E-state index in [4.69, 9.17) is 4.84 Å². The van der Waals surface area contributed by atoms with E-state index < -0.39 is 16.4 Å². The molecule has 1 amide bonds. The number of benzene rings is 2. The molecular weight excluding hydrogens is 350 g/mol. The average molecular weight is 365 g/mol. The van der Waals surface area contributed by atoms with E-state index >= 15 is 0 Å². The molecule has 136 valence electrons. The van der Waals surface area contributed by atoms with Gasteiger partial charge in [-0.1, -0.05) is 30.3 Å². The number of carbonyl (C=O) groups is 1. The van der Waals surface area contributed by atoms with Gasteiger partial charge in [-0.3, -0.25) is 19.7 Å². The molecule has 3 aromatic rings. The minimum Gasteiger partial charge on any atom is -0.406 e. The molecule has 0 spiro atoms. The summed E-state index contributed by atoms with van der Waals surface area (Å²) in [6.45, 7) is 0.175. The Labute approximate surface area is 153 Å². The lowest BCUT2D eigenvalue weighted by molar-refractivity contribution is -0.384. The van der Waals surface area contributed by atoms with Crippen molar-refractivity contribution >= 4 is 17.3 Å². The number of anilines is 1. The second-order valence-corrected chi connectivity index (χ2v) is 5.57. The third-order valence-corrected chi connectivity index (χ3v) is 3.71. The molecular formula is C19H15N3O5. The summed E-state index contributed by atoms with van der Waals surface area (Å²) in [6, 6.07) is 17.5. The van der Waals surface area contributed by atoms with Crippen LogP contribution in [0.2, 0.25) is 0 Å². The number of nitro groups is 1. The van der Waals surface area contributed by atoms with Crippen LogP contribution in [0.3, 0.4) is 0 Å². The van der Waals surface area contributed by atoms with Crippen LogP contribution in [0.25, 0.3) is 0 Å². The fourth-order valence-corrected chi connectivity index (χ4v) is 2.33. The van der Waals surface area contributed by atoms with Crippen LogP contribution in [0, 0.1) is 10.1 Å². The van der Waals surface area contributed by atoms with Crippen molar-refractivity contribution in [3.05, 3.63) is 105 Å². The van der Waals surface area contributed by atoms with Crippen LogP contribution >= 0.6 is 0 Å². The van der Waals surface area contributed by atoms with Gasteiger partial charge >= 0.3 is 0 Å². The van der Waals surface area contributed by atoms with Gasteiger partial charge in [-0.15, -0.1) is 0 Å². The van der Waals surface area contributed by atoms with Gasteiger partial charge in [0.15, 0.2) is 0 Å². The number of nitrogens with zero attached hydrogens (tertiary/aromatic N) is 2. The van der Waals surface area contributed by atoms with Crippen molar-refractivity contribution in [2.45, 2.75) is 6.61 Å². The minimum absolute atomic E-state index is 0.0932. The summed E-state index contributed by atoms with van der Waals surface area (Å²) in [4.78, 5) is 40.4. The third kappa shape index (κ3) is 4.37. The lowest BCUT2D eigenvalue weighted by atomic mass is 10.2. The first-order valence-corrected chi connectivity index (χ1v) is 7.99. The Morgan fingerprint density at radius 1 is 1.04 bits per heavy atom. The summed E-state index contributed by atoms with van der Waals surface area (Å²) >= 11 is 0. The van der Waals surface area contributed by atoms with E-state index in [1.807, 2.05) is 30.3 Å². The quantitative estimate of drug-likeness (QED) is 0.534. The van der Waals surface area contributed by atoms with Gasteiger partial charge in [0, 0.05) is 24.0 Å². The number of nitrogens with one attached hydrogen (secondary N) is 1. The highest BCUT2D eigenvalue weighted by Crippen LogP contribution is 2.15. The third-order valence-electron chi connectivity index (χ3n) is 3.71. The zero-order valence-corrected chi connectivity index (χ0v) is 14.1. The van der Waals surface area contributed by atoms with E-state index in [2.05, 4.69) is 5.32 Å². The molecule has 0 aliphatic rings. The van der Waals surface area contributed by atoms with Gasteiger partial charge in [-0.2, -0.15) is 4.73 Å². The number of amides is 1. The molecule has 1 aromatic heterocycles. The van der Waals surface area contributed by atoms with Crippen molar-refractivity contribution in [3.8, 4) is 0 Å². The lowest BCUT2D eigenvalue weighted by Gasteiger charge is -2.10. The molecule has 1 heterocycles. The zero-order chi connectivity index (χ0) is 19.2. The van der Waals surface area contributed by atoms with Crippen molar-refractivity contribution in [2.24, 2.45) is 0 Å². The Hall–Kier alpha value is -3.94. The molecule has 8 nitrogen and oxygen atoms in total. The maximum absolute atomic E-state index is 12.5. The van der Waals surface area contributed by atoms with Gasteiger partial charge in [0.2, 0.25) is 0 Å². The van der Waals surface area contributed by atoms with E-state index in [9.17, 15) is 19.7 Å². The molecule has 0 atom stereocenters. The normalized spacial score (nSPS) is 10.2. The number of rotatable bonds is 6. The van der Waals surface area contributed by atoms with Crippen LogP contribution in [0.15, 0.2) is 77.7 Å². The van der Waals surface area contributed by atoms with E-state index in [0.717, 1.165) is 10.3 Å². The van der Waals surface area contributed by atoms with Crippen LogP contribution in [0.5, 0.6) is 0 Å². The Kier molecular flexibility index (Phi) is 5.27. The maximum atomic E-state index is 12.5. The molecule has 0 radical (unpaired) electrons. The smallest absolute Gasteiger partial charge is 0.295 e. The van der Waals surface area contributed by atoms with Gasteiger partial charge in [0.05, 0.1) is 4.92 Å². The first-order chi connectivity index (χ1) is 13.0. The summed E-state index contributed by atoms with van der Waals surface area (Å²) in [5.74, 6) is -0.633. The highest BCUT2D eigenvalue weighted by atomic mass is 16.7. The fourth-order valence-electron chi connectivity index (χ4n) is 2.33. The van der Waals surface area contributed by atoms with Crippen molar-refractivity contribution in [1.29, 1.82) is 0 Å². The van der Waals surface area contributed by atoms with Gasteiger partial charge < -0.3 is 10.2 Å². The Balaban J connectivity index is 1.73.